The molecule has 1 amide bonds. The van der Waals surface area contributed by atoms with Gasteiger partial charge in [-0.2, -0.15) is 4.31 Å². The summed E-state index contributed by atoms with van der Waals surface area (Å²) in [5, 5.41) is 2.80. The molecule has 1 N–H and O–H groups in total. The zero-order chi connectivity index (χ0) is 27.3. The summed E-state index contributed by atoms with van der Waals surface area (Å²) in [6.07, 6.45) is 3.49. The molecule has 10 nitrogen and oxygen atoms in total. The highest BCUT2D eigenvalue weighted by Gasteiger charge is 2.33. The number of carbonyl (C=O) groups is 2. The van der Waals surface area contributed by atoms with Gasteiger partial charge in [0.05, 0.1) is 48.6 Å². The van der Waals surface area contributed by atoms with Gasteiger partial charge >= 0.3 is 5.97 Å². The number of hydrogen-bond acceptors (Lipinski definition) is 8. The Kier molecular flexibility index (Phi) is 9.33. The second kappa shape index (κ2) is 12.3. The number of nitrogens with one attached hydrogen (secondary N) is 1. The third kappa shape index (κ3) is 7.05. The molecule has 2 saturated heterocycles. The molecule has 1 saturated carbocycles. The van der Waals surface area contributed by atoms with Crippen molar-refractivity contribution in [2.45, 2.75) is 51.3 Å². The molecule has 0 unspecified atom stereocenters. The summed E-state index contributed by atoms with van der Waals surface area (Å²) in [5.74, 6) is -0.455. The highest BCUT2D eigenvalue weighted by molar-refractivity contribution is 7.89. The van der Waals surface area contributed by atoms with Gasteiger partial charge in [-0.15, -0.1) is 0 Å². The summed E-state index contributed by atoms with van der Waals surface area (Å²) in [5.41, 5.74) is 1.29. The van der Waals surface area contributed by atoms with Crippen molar-refractivity contribution in [2.75, 3.05) is 69.4 Å². The van der Waals surface area contributed by atoms with Crippen molar-refractivity contribution < 1.29 is 32.2 Å². The number of sulfonamides is 1. The van der Waals surface area contributed by atoms with Gasteiger partial charge in [0.2, 0.25) is 10.0 Å². The number of amides is 1. The molecule has 0 atom stereocenters. The zero-order valence-electron chi connectivity index (χ0n) is 22.7. The van der Waals surface area contributed by atoms with E-state index in [4.69, 9.17) is 14.2 Å². The number of morpholine rings is 2. The number of benzene rings is 1. The maximum absolute atomic E-state index is 13.2. The fraction of sp³-hybridized carbons (Fsp3) is 0.704. The molecule has 1 aromatic rings. The average Bonchev–Trinajstić information content (AvgIpc) is 2.92. The van der Waals surface area contributed by atoms with Crippen LogP contribution in [0.2, 0.25) is 0 Å². The van der Waals surface area contributed by atoms with Crippen molar-refractivity contribution >= 4 is 33.3 Å². The van der Waals surface area contributed by atoms with E-state index in [0.29, 0.717) is 56.8 Å². The van der Waals surface area contributed by atoms with Gasteiger partial charge in [-0.05, 0) is 55.2 Å². The molecule has 11 heteroatoms. The maximum atomic E-state index is 13.2. The van der Waals surface area contributed by atoms with Gasteiger partial charge in [-0.1, -0.05) is 20.8 Å². The fourth-order valence-corrected chi connectivity index (χ4v) is 6.86. The van der Waals surface area contributed by atoms with Crippen LogP contribution in [0.1, 0.15) is 46.5 Å². The van der Waals surface area contributed by atoms with Crippen molar-refractivity contribution in [3.63, 3.8) is 0 Å². The minimum Gasteiger partial charge on any atom is -0.455 e. The second-order valence-corrected chi connectivity index (χ2v) is 13.3. The molecule has 3 aliphatic rings. The molecule has 212 valence electrons. The van der Waals surface area contributed by atoms with Gasteiger partial charge < -0.3 is 24.4 Å². The van der Waals surface area contributed by atoms with E-state index in [2.05, 4.69) is 26.1 Å². The SMILES string of the molecule is CC(C)(C)C1CCC(C(=O)OCC(=O)Nc2cc(S(=O)(=O)N3CCOCC3)ccc2N2CCOCC2)CC1. The normalized spacial score (nSPS) is 23.6. The monoisotopic (exact) mass is 551 g/mol. The molecule has 2 heterocycles. The summed E-state index contributed by atoms with van der Waals surface area (Å²) in [6, 6.07) is 4.77. The van der Waals surface area contributed by atoms with E-state index in [1.165, 1.54) is 10.4 Å². The van der Waals surface area contributed by atoms with E-state index in [1.807, 2.05) is 4.90 Å². The van der Waals surface area contributed by atoms with Gasteiger partial charge in [0, 0.05) is 26.2 Å². The Balaban J connectivity index is 1.43. The van der Waals surface area contributed by atoms with Crippen molar-refractivity contribution in [1.82, 2.24) is 4.31 Å². The van der Waals surface area contributed by atoms with Crippen LogP contribution in [0.3, 0.4) is 0 Å². The molecule has 2 aliphatic heterocycles. The molecule has 4 rings (SSSR count). The molecular formula is C27H41N3O7S. The summed E-state index contributed by atoms with van der Waals surface area (Å²) < 4.78 is 44.0. The van der Waals surface area contributed by atoms with Crippen molar-refractivity contribution in [1.29, 1.82) is 0 Å². The summed E-state index contributed by atoms with van der Waals surface area (Å²) in [7, 11) is -3.75. The highest BCUT2D eigenvalue weighted by Crippen LogP contribution is 2.40. The van der Waals surface area contributed by atoms with E-state index in [1.54, 1.807) is 12.1 Å². The first-order chi connectivity index (χ1) is 18.1. The molecular weight excluding hydrogens is 510 g/mol. The highest BCUT2D eigenvalue weighted by atomic mass is 32.2. The van der Waals surface area contributed by atoms with Crippen LogP contribution in [0.25, 0.3) is 0 Å². The Bertz CT molecular complexity index is 1080. The summed E-state index contributed by atoms with van der Waals surface area (Å²) in [6.45, 7) is 9.83. The predicted molar refractivity (Wildman–Crippen MR) is 144 cm³/mol. The predicted octanol–water partition coefficient (Wildman–Crippen LogP) is 2.88. The largest absolute Gasteiger partial charge is 0.455 e. The molecule has 1 aliphatic carbocycles. The smallest absolute Gasteiger partial charge is 0.309 e. The van der Waals surface area contributed by atoms with Crippen molar-refractivity contribution in [3.05, 3.63) is 18.2 Å². The Morgan fingerprint density at radius 2 is 1.58 bits per heavy atom. The number of carbonyl (C=O) groups excluding carboxylic acids is 2. The third-order valence-electron chi connectivity index (χ3n) is 7.83. The Morgan fingerprint density at radius 1 is 0.974 bits per heavy atom. The molecule has 1 aromatic carbocycles. The fourth-order valence-electron chi connectivity index (χ4n) is 5.43. The maximum Gasteiger partial charge on any atom is 0.309 e. The van der Waals surface area contributed by atoms with Gasteiger partial charge in [0.1, 0.15) is 0 Å². The van der Waals surface area contributed by atoms with Crippen molar-refractivity contribution in [2.24, 2.45) is 17.3 Å². The van der Waals surface area contributed by atoms with Crippen LogP contribution >= 0.6 is 0 Å². The average molecular weight is 552 g/mol. The van der Waals surface area contributed by atoms with Crippen LogP contribution in [0.5, 0.6) is 0 Å². The molecule has 0 bridgehead atoms. The van der Waals surface area contributed by atoms with Crippen LogP contribution in [0, 0.1) is 17.3 Å². The molecule has 0 aromatic heterocycles. The number of rotatable bonds is 7. The summed E-state index contributed by atoms with van der Waals surface area (Å²) in [4.78, 5) is 27.7. The van der Waals surface area contributed by atoms with Gasteiger partial charge in [0.25, 0.3) is 5.91 Å². The van der Waals surface area contributed by atoms with E-state index in [0.717, 1.165) is 25.7 Å². The Labute approximate surface area is 226 Å². The van der Waals surface area contributed by atoms with Crippen LogP contribution in [-0.4, -0.2) is 83.8 Å². The van der Waals surface area contributed by atoms with Gasteiger partial charge in [0.15, 0.2) is 6.61 Å². The minimum atomic E-state index is -3.75. The van der Waals surface area contributed by atoms with Gasteiger partial charge in [-0.25, -0.2) is 8.42 Å². The lowest BCUT2D eigenvalue weighted by atomic mass is 9.70. The summed E-state index contributed by atoms with van der Waals surface area (Å²) >= 11 is 0. The minimum absolute atomic E-state index is 0.0966. The first kappa shape index (κ1) is 28.8. The first-order valence-corrected chi connectivity index (χ1v) is 15.0. The lowest BCUT2D eigenvalue weighted by Crippen LogP contribution is -2.40. The van der Waals surface area contributed by atoms with Crippen LogP contribution in [0.15, 0.2) is 23.1 Å². The number of esters is 1. The topological polar surface area (TPSA) is 114 Å². The molecule has 38 heavy (non-hydrogen) atoms. The number of hydrogen-bond donors (Lipinski definition) is 1. The zero-order valence-corrected chi connectivity index (χ0v) is 23.6. The molecule has 3 fully saturated rings. The van der Waals surface area contributed by atoms with E-state index < -0.39 is 22.5 Å². The Morgan fingerprint density at radius 3 is 2.18 bits per heavy atom. The van der Waals surface area contributed by atoms with Gasteiger partial charge in [-0.3, -0.25) is 9.59 Å². The van der Waals surface area contributed by atoms with Crippen LogP contribution in [0.4, 0.5) is 11.4 Å². The number of anilines is 2. The quantitative estimate of drug-likeness (QED) is 0.515. The van der Waals surface area contributed by atoms with Crippen LogP contribution in [-0.2, 0) is 33.8 Å². The first-order valence-electron chi connectivity index (χ1n) is 13.6. The lowest BCUT2D eigenvalue weighted by Gasteiger charge is -2.36. The molecule has 0 radical (unpaired) electrons. The Hall–Kier alpha value is -2.21. The van der Waals surface area contributed by atoms with E-state index in [-0.39, 0.29) is 35.3 Å². The lowest BCUT2D eigenvalue weighted by molar-refractivity contribution is -0.153. The number of nitrogens with zero attached hydrogens (tertiary/aromatic N) is 2. The third-order valence-corrected chi connectivity index (χ3v) is 9.73. The van der Waals surface area contributed by atoms with Crippen molar-refractivity contribution in [3.8, 4) is 0 Å². The standard InChI is InChI=1S/C27H41N3O7S/c1-27(2,3)21-6-4-20(5-7-21)26(32)37-19-25(31)28-23-18-22(38(33,34)30-12-16-36-17-13-30)8-9-24(23)29-10-14-35-15-11-29/h8-9,18,20-21H,4-7,10-17,19H2,1-3H3,(H,28,31). The van der Waals surface area contributed by atoms with E-state index in [9.17, 15) is 18.0 Å². The second-order valence-electron chi connectivity index (χ2n) is 11.4. The molecule has 0 spiro atoms. The number of ether oxygens (including phenoxy) is 3. The van der Waals surface area contributed by atoms with E-state index >= 15 is 0 Å². The van der Waals surface area contributed by atoms with Crippen LogP contribution < -0.4 is 10.2 Å².